The number of benzene rings is 8. The van der Waals surface area contributed by atoms with Crippen LogP contribution in [-0.4, -0.2) is 24.1 Å². The molecule has 6 nitrogen and oxygen atoms in total. The molecular formula is C51H31N5O. The summed E-state index contributed by atoms with van der Waals surface area (Å²) in [6.45, 7) is 0. The molecule has 0 atom stereocenters. The Labute approximate surface area is 326 Å². The summed E-state index contributed by atoms with van der Waals surface area (Å²) in [5.74, 6) is 1.88. The zero-order valence-corrected chi connectivity index (χ0v) is 30.5. The molecule has 0 aliphatic heterocycles. The van der Waals surface area contributed by atoms with Crippen molar-refractivity contribution in [2.45, 2.75) is 0 Å². The van der Waals surface area contributed by atoms with Crippen LogP contribution in [-0.2, 0) is 0 Å². The topological polar surface area (TPSA) is 61.7 Å². The van der Waals surface area contributed by atoms with Gasteiger partial charge in [-0.1, -0.05) is 127 Å². The standard InChI is InChI=1S/C51H31N5O/c1-4-14-32(15-5-1)49-52-50(33-16-6-2-7-17-33)54-51(53-49)34-24-26-39-40-27-29-46-47(48(40)56(44(39)30-34)35-18-8-3-9-19-35)41-31-36(25-28-45(41)57-46)55-42-22-12-10-20-37(42)38-21-11-13-23-43(38)55/h1-31H. The number of furan rings is 1. The summed E-state index contributed by atoms with van der Waals surface area (Å²) < 4.78 is 11.4. The fourth-order valence-electron chi connectivity index (χ4n) is 8.62. The van der Waals surface area contributed by atoms with Crippen molar-refractivity contribution in [2.24, 2.45) is 0 Å². The summed E-state index contributed by atoms with van der Waals surface area (Å²) >= 11 is 0. The highest BCUT2D eigenvalue weighted by molar-refractivity contribution is 6.25. The Bertz CT molecular complexity index is 3400. The molecule has 12 rings (SSSR count). The molecule has 57 heavy (non-hydrogen) atoms. The molecule has 12 aromatic rings. The molecular weight excluding hydrogens is 699 g/mol. The lowest BCUT2D eigenvalue weighted by Crippen LogP contribution is -2.00. The highest BCUT2D eigenvalue weighted by Gasteiger charge is 2.22. The van der Waals surface area contributed by atoms with Gasteiger partial charge in [0.2, 0.25) is 0 Å². The fraction of sp³-hybridized carbons (Fsp3) is 0. The Kier molecular flexibility index (Phi) is 6.83. The minimum absolute atomic E-state index is 0.615. The lowest BCUT2D eigenvalue weighted by Gasteiger charge is -2.11. The first-order valence-corrected chi connectivity index (χ1v) is 19.1. The van der Waals surface area contributed by atoms with Crippen LogP contribution in [0, 0.1) is 0 Å². The van der Waals surface area contributed by atoms with Gasteiger partial charge in [0.15, 0.2) is 17.5 Å². The van der Waals surface area contributed by atoms with Crippen molar-refractivity contribution in [3.63, 3.8) is 0 Å². The molecule has 0 bridgehead atoms. The van der Waals surface area contributed by atoms with Crippen molar-refractivity contribution >= 4 is 65.6 Å². The minimum atomic E-state index is 0.615. The maximum atomic E-state index is 6.65. The molecule has 4 aromatic heterocycles. The van der Waals surface area contributed by atoms with E-state index >= 15 is 0 Å². The summed E-state index contributed by atoms with van der Waals surface area (Å²) in [7, 11) is 0. The van der Waals surface area contributed by atoms with Gasteiger partial charge in [-0.2, -0.15) is 0 Å². The molecule has 0 unspecified atom stereocenters. The van der Waals surface area contributed by atoms with E-state index in [9.17, 15) is 0 Å². The molecule has 0 amide bonds. The van der Waals surface area contributed by atoms with Gasteiger partial charge in [-0.05, 0) is 60.7 Å². The third-order valence-electron chi connectivity index (χ3n) is 11.2. The van der Waals surface area contributed by atoms with E-state index in [1.165, 1.54) is 21.8 Å². The van der Waals surface area contributed by atoms with Crippen molar-refractivity contribution in [1.82, 2.24) is 24.1 Å². The third kappa shape index (κ3) is 4.87. The van der Waals surface area contributed by atoms with Crippen LogP contribution in [0.15, 0.2) is 192 Å². The summed E-state index contributed by atoms with van der Waals surface area (Å²) in [5, 5.41) is 6.88. The number of hydrogen-bond acceptors (Lipinski definition) is 4. The molecule has 0 saturated carbocycles. The van der Waals surface area contributed by atoms with Gasteiger partial charge in [0.05, 0.1) is 27.5 Å². The lowest BCUT2D eigenvalue weighted by molar-refractivity contribution is 0.669. The number of nitrogens with zero attached hydrogens (tertiary/aromatic N) is 5. The molecule has 0 radical (unpaired) electrons. The second kappa shape index (κ2) is 12.3. The van der Waals surface area contributed by atoms with Gasteiger partial charge >= 0.3 is 0 Å². The van der Waals surface area contributed by atoms with Crippen LogP contribution in [0.1, 0.15) is 0 Å². The van der Waals surface area contributed by atoms with Gasteiger partial charge in [0, 0.05) is 55.0 Å². The first-order valence-electron chi connectivity index (χ1n) is 19.1. The molecule has 0 saturated heterocycles. The van der Waals surface area contributed by atoms with Gasteiger partial charge in [-0.15, -0.1) is 0 Å². The number of fused-ring (bicyclic) bond motifs is 10. The smallest absolute Gasteiger partial charge is 0.164 e. The van der Waals surface area contributed by atoms with Crippen LogP contribution < -0.4 is 0 Å². The zero-order chi connectivity index (χ0) is 37.5. The van der Waals surface area contributed by atoms with Crippen molar-refractivity contribution in [2.75, 3.05) is 0 Å². The van der Waals surface area contributed by atoms with E-state index in [4.69, 9.17) is 19.4 Å². The van der Waals surface area contributed by atoms with E-state index < -0.39 is 0 Å². The molecule has 0 fully saturated rings. The van der Waals surface area contributed by atoms with Gasteiger partial charge in [0.25, 0.3) is 0 Å². The third-order valence-corrected chi connectivity index (χ3v) is 11.2. The highest BCUT2D eigenvalue weighted by atomic mass is 16.3. The Morgan fingerprint density at radius 2 is 0.860 bits per heavy atom. The predicted molar refractivity (Wildman–Crippen MR) is 232 cm³/mol. The predicted octanol–water partition coefficient (Wildman–Crippen LogP) is 13.0. The number of para-hydroxylation sites is 3. The number of aromatic nitrogens is 5. The van der Waals surface area contributed by atoms with Gasteiger partial charge < -0.3 is 13.6 Å². The van der Waals surface area contributed by atoms with Gasteiger partial charge in [-0.3, -0.25) is 0 Å². The average Bonchev–Trinajstić information content (AvgIpc) is 3.94. The van der Waals surface area contributed by atoms with Crippen molar-refractivity contribution in [1.29, 1.82) is 0 Å². The SMILES string of the molecule is c1ccc(-c2nc(-c3ccccc3)nc(-c3ccc4c5ccc6oc7ccc(-n8c9ccccc9c9ccccc98)cc7c6c5n(-c5ccccc5)c4c3)n2)cc1. The summed E-state index contributed by atoms with van der Waals surface area (Å²) in [6, 6.07) is 65.5. The summed E-state index contributed by atoms with van der Waals surface area (Å²) in [6.07, 6.45) is 0. The van der Waals surface area contributed by atoms with E-state index in [0.717, 1.165) is 71.8 Å². The second-order valence-corrected chi connectivity index (χ2v) is 14.4. The molecule has 6 heteroatoms. The fourth-order valence-corrected chi connectivity index (χ4v) is 8.62. The minimum Gasteiger partial charge on any atom is -0.456 e. The molecule has 0 N–H and O–H groups in total. The normalized spacial score (nSPS) is 11.9. The molecule has 266 valence electrons. The maximum Gasteiger partial charge on any atom is 0.164 e. The largest absolute Gasteiger partial charge is 0.456 e. The Hall–Kier alpha value is -7.83. The van der Waals surface area contributed by atoms with E-state index in [1.807, 2.05) is 60.7 Å². The van der Waals surface area contributed by atoms with Crippen LogP contribution in [0.3, 0.4) is 0 Å². The number of hydrogen-bond donors (Lipinski definition) is 0. The average molecular weight is 730 g/mol. The van der Waals surface area contributed by atoms with Crippen LogP contribution in [0.4, 0.5) is 0 Å². The zero-order valence-electron chi connectivity index (χ0n) is 30.5. The summed E-state index contributed by atoms with van der Waals surface area (Å²) in [5.41, 5.74) is 11.1. The Morgan fingerprint density at radius 1 is 0.333 bits per heavy atom. The first-order chi connectivity index (χ1) is 28.3. The molecule has 4 heterocycles. The highest BCUT2D eigenvalue weighted by Crippen LogP contribution is 2.43. The van der Waals surface area contributed by atoms with Crippen molar-refractivity contribution < 1.29 is 4.42 Å². The Balaban J connectivity index is 1.13. The Morgan fingerprint density at radius 3 is 1.51 bits per heavy atom. The molecule has 0 spiro atoms. The van der Waals surface area contributed by atoms with Crippen LogP contribution in [0.5, 0.6) is 0 Å². The maximum absolute atomic E-state index is 6.65. The monoisotopic (exact) mass is 729 g/mol. The van der Waals surface area contributed by atoms with Gasteiger partial charge in [-0.25, -0.2) is 15.0 Å². The number of rotatable bonds is 5. The van der Waals surface area contributed by atoms with E-state index in [1.54, 1.807) is 0 Å². The summed E-state index contributed by atoms with van der Waals surface area (Å²) in [4.78, 5) is 15.1. The molecule has 0 aliphatic rings. The second-order valence-electron chi connectivity index (χ2n) is 14.4. The van der Waals surface area contributed by atoms with E-state index in [-0.39, 0.29) is 0 Å². The van der Waals surface area contributed by atoms with Crippen LogP contribution in [0.2, 0.25) is 0 Å². The van der Waals surface area contributed by atoms with Crippen LogP contribution in [0.25, 0.3) is 111 Å². The quantitative estimate of drug-likeness (QED) is 0.177. The van der Waals surface area contributed by atoms with Crippen molar-refractivity contribution in [3.05, 3.63) is 188 Å². The van der Waals surface area contributed by atoms with Crippen LogP contribution >= 0.6 is 0 Å². The molecule has 8 aromatic carbocycles. The first kappa shape index (κ1) is 31.5. The van der Waals surface area contributed by atoms with E-state index in [0.29, 0.717) is 17.5 Å². The lowest BCUT2D eigenvalue weighted by atomic mass is 10.1. The van der Waals surface area contributed by atoms with Crippen molar-refractivity contribution in [3.8, 4) is 45.5 Å². The van der Waals surface area contributed by atoms with Gasteiger partial charge in [0.1, 0.15) is 11.2 Å². The molecule has 0 aliphatic carbocycles. The van der Waals surface area contributed by atoms with E-state index in [2.05, 4.69) is 137 Å².